The second-order valence-electron chi connectivity index (χ2n) is 11.3. The minimum Gasteiger partial charge on any atom is -0.478 e. The van der Waals surface area contributed by atoms with Gasteiger partial charge in [0.05, 0.1) is 16.8 Å². The highest BCUT2D eigenvalue weighted by molar-refractivity contribution is 6.56. The Bertz CT molecular complexity index is 1430. The molecule has 1 aliphatic heterocycles. The van der Waals surface area contributed by atoms with Crippen LogP contribution in [-0.4, -0.2) is 48.6 Å². The van der Waals surface area contributed by atoms with Crippen molar-refractivity contribution in [3.05, 3.63) is 100 Å². The monoisotopic (exact) mass is 539 g/mol. The minimum absolute atomic E-state index is 0.0438. The lowest BCUT2D eigenvalue weighted by atomic mass is 9.76. The van der Waals surface area contributed by atoms with Crippen LogP contribution in [0.2, 0.25) is 0 Å². The van der Waals surface area contributed by atoms with E-state index in [1.807, 2.05) is 64.1 Å². The van der Waals surface area contributed by atoms with E-state index >= 15 is 0 Å². The molecule has 8 heteroatoms. The molecule has 0 aromatic heterocycles. The molecule has 0 saturated carbocycles. The van der Waals surface area contributed by atoms with E-state index in [1.54, 1.807) is 19.1 Å². The van der Waals surface area contributed by atoms with Crippen molar-refractivity contribution in [1.29, 1.82) is 0 Å². The van der Waals surface area contributed by atoms with Crippen LogP contribution in [0.5, 0.6) is 0 Å². The molecule has 1 fully saturated rings. The SMILES string of the molecule is Cc1c(C=C(CNC(=O)OCC2c3ccccc3-c3ccccc32)B2OC(C)(C)C(C)(C)O2)cccc1C(=O)O. The third-order valence-electron chi connectivity index (χ3n) is 8.28. The third-order valence-corrected chi connectivity index (χ3v) is 8.28. The van der Waals surface area contributed by atoms with Crippen LogP contribution in [0.1, 0.15) is 66.2 Å². The van der Waals surface area contributed by atoms with Crippen molar-refractivity contribution in [2.75, 3.05) is 13.2 Å². The topological polar surface area (TPSA) is 94.1 Å². The van der Waals surface area contributed by atoms with Crippen LogP contribution in [0.15, 0.2) is 72.2 Å². The number of nitrogens with one attached hydrogen (secondary N) is 1. The number of hydrogen-bond acceptors (Lipinski definition) is 5. The number of aromatic carboxylic acids is 1. The van der Waals surface area contributed by atoms with E-state index in [0.717, 1.165) is 22.3 Å². The molecule has 2 aliphatic rings. The van der Waals surface area contributed by atoms with Crippen molar-refractivity contribution in [2.45, 2.75) is 51.7 Å². The van der Waals surface area contributed by atoms with Crippen LogP contribution in [0.3, 0.4) is 0 Å². The number of rotatable bonds is 7. The molecule has 0 radical (unpaired) electrons. The first-order valence-electron chi connectivity index (χ1n) is 13.5. The Labute approximate surface area is 235 Å². The van der Waals surface area contributed by atoms with Crippen LogP contribution in [0.4, 0.5) is 4.79 Å². The maximum Gasteiger partial charge on any atom is 0.492 e. The Balaban J connectivity index is 1.34. The molecule has 0 bridgehead atoms. The molecule has 1 heterocycles. The molecule has 3 aromatic rings. The zero-order chi connectivity index (χ0) is 28.7. The van der Waals surface area contributed by atoms with Crippen molar-refractivity contribution in [2.24, 2.45) is 0 Å². The zero-order valence-electron chi connectivity index (χ0n) is 23.5. The number of hydrogen-bond donors (Lipinski definition) is 2. The number of carboxylic acids is 1. The highest BCUT2D eigenvalue weighted by Crippen LogP contribution is 2.44. The second-order valence-corrected chi connectivity index (χ2v) is 11.3. The number of benzene rings is 3. The van der Waals surface area contributed by atoms with Gasteiger partial charge in [0.1, 0.15) is 6.61 Å². The lowest BCUT2D eigenvalue weighted by molar-refractivity contribution is 0.00578. The molecule has 1 aliphatic carbocycles. The molecule has 7 nitrogen and oxygen atoms in total. The van der Waals surface area contributed by atoms with Gasteiger partial charge >= 0.3 is 19.2 Å². The van der Waals surface area contributed by atoms with E-state index in [-0.39, 0.29) is 24.6 Å². The molecule has 40 heavy (non-hydrogen) atoms. The molecule has 0 spiro atoms. The van der Waals surface area contributed by atoms with E-state index < -0.39 is 30.4 Å². The van der Waals surface area contributed by atoms with Gasteiger partial charge < -0.3 is 24.5 Å². The summed E-state index contributed by atoms with van der Waals surface area (Å²) in [7, 11) is -0.730. The summed E-state index contributed by atoms with van der Waals surface area (Å²) in [6, 6.07) is 21.5. The summed E-state index contributed by atoms with van der Waals surface area (Å²) in [6.07, 6.45) is 1.27. The summed E-state index contributed by atoms with van der Waals surface area (Å²) in [5.74, 6) is -1.04. The average molecular weight is 539 g/mol. The number of amides is 1. The highest BCUT2D eigenvalue weighted by Gasteiger charge is 2.52. The van der Waals surface area contributed by atoms with Crippen LogP contribution in [0, 0.1) is 6.92 Å². The van der Waals surface area contributed by atoms with E-state index in [9.17, 15) is 14.7 Å². The van der Waals surface area contributed by atoms with Gasteiger partial charge in [-0.1, -0.05) is 66.7 Å². The van der Waals surface area contributed by atoms with Gasteiger partial charge in [-0.15, -0.1) is 0 Å². The number of carbonyl (C=O) groups excluding carboxylic acids is 1. The van der Waals surface area contributed by atoms with Gasteiger partial charge in [-0.2, -0.15) is 0 Å². The Morgan fingerprint density at radius 2 is 1.50 bits per heavy atom. The lowest BCUT2D eigenvalue weighted by Gasteiger charge is -2.32. The average Bonchev–Trinajstić information content (AvgIpc) is 3.35. The van der Waals surface area contributed by atoms with Gasteiger partial charge in [0.15, 0.2) is 0 Å². The van der Waals surface area contributed by atoms with Crippen LogP contribution in [0.25, 0.3) is 17.2 Å². The minimum atomic E-state index is -0.998. The molecule has 0 atom stereocenters. The zero-order valence-corrected chi connectivity index (χ0v) is 23.5. The smallest absolute Gasteiger partial charge is 0.478 e. The summed E-state index contributed by atoms with van der Waals surface area (Å²) >= 11 is 0. The molecule has 3 aromatic carbocycles. The van der Waals surface area contributed by atoms with Crippen molar-refractivity contribution in [3.8, 4) is 11.1 Å². The first kappa shape index (κ1) is 27.7. The molecule has 0 unspecified atom stereocenters. The van der Waals surface area contributed by atoms with Gasteiger partial charge in [0.2, 0.25) is 0 Å². The van der Waals surface area contributed by atoms with Gasteiger partial charge in [-0.3, -0.25) is 0 Å². The summed E-state index contributed by atoms with van der Waals surface area (Å²) < 4.78 is 18.3. The number of carbonyl (C=O) groups is 2. The third kappa shape index (κ3) is 5.17. The van der Waals surface area contributed by atoms with E-state index in [2.05, 4.69) is 29.6 Å². The lowest BCUT2D eigenvalue weighted by Crippen LogP contribution is -2.41. The van der Waals surface area contributed by atoms with Crippen LogP contribution in [-0.2, 0) is 14.0 Å². The van der Waals surface area contributed by atoms with Crippen molar-refractivity contribution in [1.82, 2.24) is 5.32 Å². The van der Waals surface area contributed by atoms with E-state index in [1.165, 1.54) is 0 Å². The highest BCUT2D eigenvalue weighted by atomic mass is 16.7. The van der Waals surface area contributed by atoms with Crippen LogP contribution >= 0.6 is 0 Å². The molecule has 2 N–H and O–H groups in total. The molecule has 1 amide bonds. The summed E-state index contributed by atoms with van der Waals surface area (Å²) in [5.41, 5.74) is 5.63. The summed E-state index contributed by atoms with van der Waals surface area (Å²) in [4.78, 5) is 24.6. The number of fused-ring (bicyclic) bond motifs is 3. The quantitative estimate of drug-likeness (QED) is 0.345. The van der Waals surface area contributed by atoms with Crippen molar-refractivity contribution in [3.63, 3.8) is 0 Å². The van der Waals surface area contributed by atoms with Crippen molar-refractivity contribution < 1.29 is 28.7 Å². The standard InChI is InChI=1S/C32H34BNO6/c1-20-21(11-10-16-23(20)29(35)36)17-22(33-39-31(2,3)32(4,5)40-33)18-34-30(37)38-19-28-26-14-8-6-12-24(26)25-13-7-9-15-27(25)28/h6-17,28H,18-19H2,1-5H3,(H,34,37)(H,35,36). The second kappa shape index (κ2) is 10.6. The fraction of sp³-hybridized carbons (Fsp3) is 0.312. The molecular formula is C32H34BNO6. The van der Waals surface area contributed by atoms with Gasteiger partial charge in [-0.05, 0) is 79.5 Å². The van der Waals surface area contributed by atoms with Crippen molar-refractivity contribution >= 4 is 25.3 Å². The van der Waals surface area contributed by atoms with Gasteiger partial charge in [0, 0.05) is 12.5 Å². The number of carboxylic acid groups (broad SMARTS) is 1. The number of alkyl carbamates (subject to hydrolysis) is 1. The Morgan fingerprint density at radius 3 is 2.08 bits per heavy atom. The van der Waals surface area contributed by atoms with Gasteiger partial charge in [-0.25, -0.2) is 9.59 Å². The maximum atomic E-state index is 12.9. The summed E-state index contributed by atoms with van der Waals surface area (Å²) in [6.45, 7) is 9.90. The molecule has 5 rings (SSSR count). The Kier molecular flexibility index (Phi) is 7.33. The molecular weight excluding hydrogens is 505 g/mol. The molecule has 206 valence electrons. The maximum absolute atomic E-state index is 12.9. The fourth-order valence-electron chi connectivity index (χ4n) is 5.26. The van der Waals surface area contributed by atoms with Gasteiger partial charge in [0.25, 0.3) is 0 Å². The largest absolute Gasteiger partial charge is 0.492 e. The Hall–Kier alpha value is -3.88. The summed E-state index contributed by atoms with van der Waals surface area (Å²) in [5, 5.41) is 12.4. The predicted octanol–water partition coefficient (Wildman–Crippen LogP) is 6.25. The first-order valence-corrected chi connectivity index (χ1v) is 13.5. The molecule has 1 saturated heterocycles. The van der Waals surface area contributed by atoms with Crippen LogP contribution < -0.4 is 5.32 Å². The van der Waals surface area contributed by atoms with E-state index in [0.29, 0.717) is 16.6 Å². The predicted molar refractivity (Wildman–Crippen MR) is 155 cm³/mol. The van der Waals surface area contributed by atoms with E-state index in [4.69, 9.17) is 14.0 Å². The number of ether oxygens (including phenoxy) is 1. The first-order chi connectivity index (χ1) is 19.0. The fourth-order valence-corrected chi connectivity index (χ4v) is 5.26. The Morgan fingerprint density at radius 1 is 0.925 bits per heavy atom. The normalized spacial score (nSPS) is 17.3.